The van der Waals surface area contributed by atoms with Gasteiger partial charge in [-0.25, -0.2) is 0 Å². The Morgan fingerprint density at radius 1 is 1.10 bits per heavy atom. The number of hydrogen-bond acceptors (Lipinski definition) is 2. The topological polar surface area (TPSA) is 21.6 Å². The van der Waals surface area contributed by atoms with Gasteiger partial charge < -0.3 is 4.74 Å². The van der Waals surface area contributed by atoms with Crippen LogP contribution < -0.4 is 4.74 Å². The lowest BCUT2D eigenvalue weighted by atomic mass is 10.1. The first-order valence-corrected chi connectivity index (χ1v) is 7.43. The van der Waals surface area contributed by atoms with Crippen molar-refractivity contribution in [3.8, 4) is 5.75 Å². The zero-order valence-electron chi connectivity index (χ0n) is 12.0. The molecule has 0 fully saturated rings. The summed E-state index contributed by atoms with van der Waals surface area (Å²) in [4.78, 5) is 4.51. The molecular weight excluding hydrogens is 314 g/mol. The van der Waals surface area contributed by atoms with Crippen molar-refractivity contribution in [3.05, 3.63) is 57.6 Å². The second-order valence-corrected chi connectivity index (χ2v) is 5.50. The van der Waals surface area contributed by atoms with Gasteiger partial charge in [-0.15, -0.1) is 0 Å². The molecule has 0 aliphatic heterocycles. The van der Waals surface area contributed by atoms with Gasteiger partial charge in [-0.1, -0.05) is 6.07 Å². The molecule has 0 atom stereocenters. The van der Waals surface area contributed by atoms with Gasteiger partial charge in [0.2, 0.25) is 0 Å². The normalized spacial score (nSPS) is 11.0. The van der Waals surface area contributed by atoms with Crippen LogP contribution in [0.2, 0.25) is 0 Å². The Hall–Kier alpha value is -1.61. The third-order valence-electron chi connectivity index (χ3n) is 3.11. The Bertz CT molecular complexity index is 635. The summed E-state index contributed by atoms with van der Waals surface area (Å²) in [6, 6.07) is 12.2. The highest BCUT2D eigenvalue weighted by molar-refractivity contribution is 9.10. The van der Waals surface area contributed by atoms with Crippen LogP contribution in [0.5, 0.6) is 5.75 Å². The van der Waals surface area contributed by atoms with E-state index in [1.165, 1.54) is 11.1 Å². The molecule has 0 heterocycles. The summed E-state index contributed by atoms with van der Waals surface area (Å²) < 4.78 is 6.44. The van der Waals surface area contributed by atoms with Crippen LogP contribution >= 0.6 is 15.9 Å². The number of nitrogens with zero attached hydrogens (tertiary/aromatic N) is 1. The highest BCUT2D eigenvalue weighted by Crippen LogP contribution is 2.25. The van der Waals surface area contributed by atoms with E-state index in [4.69, 9.17) is 4.74 Å². The van der Waals surface area contributed by atoms with Crippen molar-refractivity contribution in [2.75, 3.05) is 6.61 Å². The van der Waals surface area contributed by atoms with Crippen molar-refractivity contribution in [2.24, 2.45) is 4.99 Å². The van der Waals surface area contributed by atoms with Crippen LogP contribution in [-0.4, -0.2) is 12.8 Å². The van der Waals surface area contributed by atoms with E-state index in [9.17, 15) is 0 Å². The molecule has 0 bridgehead atoms. The van der Waals surface area contributed by atoms with Crippen LogP contribution in [0.25, 0.3) is 0 Å². The summed E-state index contributed by atoms with van der Waals surface area (Å²) in [6.45, 7) is 6.84. The standard InChI is InChI=1S/C17H18BrNO/c1-4-20-17-8-6-14(10-16(17)18)11-19-15-7-5-12(2)13(3)9-15/h5-11H,4H2,1-3H3. The van der Waals surface area contributed by atoms with E-state index in [2.05, 4.69) is 46.9 Å². The molecule has 0 aliphatic rings. The van der Waals surface area contributed by atoms with Crippen LogP contribution in [0.3, 0.4) is 0 Å². The summed E-state index contributed by atoms with van der Waals surface area (Å²) in [6.07, 6.45) is 1.87. The van der Waals surface area contributed by atoms with Crippen LogP contribution in [0.15, 0.2) is 45.9 Å². The number of ether oxygens (including phenoxy) is 1. The first-order chi connectivity index (χ1) is 9.60. The maximum Gasteiger partial charge on any atom is 0.133 e. The summed E-state index contributed by atoms with van der Waals surface area (Å²) >= 11 is 3.51. The minimum Gasteiger partial charge on any atom is -0.493 e. The van der Waals surface area contributed by atoms with Gasteiger partial charge in [-0.05, 0) is 83.7 Å². The van der Waals surface area contributed by atoms with Crippen molar-refractivity contribution in [3.63, 3.8) is 0 Å². The molecule has 3 heteroatoms. The zero-order valence-corrected chi connectivity index (χ0v) is 13.6. The fourth-order valence-corrected chi connectivity index (χ4v) is 2.34. The molecule has 0 radical (unpaired) electrons. The smallest absolute Gasteiger partial charge is 0.133 e. The molecule has 0 N–H and O–H groups in total. The molecule has 20 heavy (non-hydrogen) atoms. The summed E-state index contributed by atoms with van der Waals surface area (Å²) in [5.74, 6) is 0.857. The van der Waals surface area contributed by atoms with Crippen LogP contribution in [-0.2, 0) is 0 Å². The monoisotopic (exact) mass is 331 g/mol. The SMILES string of the molecule is CCOc1ccc(C=Nc2ccc(C)c(C)c2)cc1Br. The minimum atomic E-state index is 0.661. The Labute approximate surface area is 128 Å². The molecule has 0 saturated carbocycles. The average Bonchev–Trinajstić information content (AvgIpc) is 2.43. The maximum absolute atomic E-state index is 5.49. The molecule has 104 valence electrons. The molecule has 0 aromatic heterocycles. The first kappa shape index (κ1) is 14.8. The van der Waals surface area contributed by atoms with Crippen LogP contribution in [0, 0.1) is 13.8 Å². The fourth-order valence-electron chi connectivity index (χ4n) is 1.82. The first-order valence-electron chi connectivity index (χ1n) is 6.64. The molecule has 0 unspecified atom stereocenters. The van der Waals surface area contributed by atoms with E-state index < -0.39 is 0 Å². The number of aryl methyl sites for hydroxylation is 2. The fraction of sp³-hybridized carbons (Fsp3) is 0.235. The van der Waals surface area contributed by atoms with E-state index in [1.54, 1.807) is 0 Å². The summed E-state index contributed by atoms with van der Waals surface area (Å²) in [5.41, 5.74) is 4.55. The molecule has 2 aromatic rings. The number of rotatable bonds is 4. The van der Waals surface area contributed by atoms with Gasteiger partial charge in [-0.2, -0.15) is 0 Å². The summed E-state index contributed by atoms with van der Waals surface area (Å²) in [7, 11) is 0. The lowest BCUT2D eigenvalue weighted by molar-refractivity contribution is 0.338. The quantitative estimate of drug-likeness (QED) is 0.704. The molecule has 0 amide bonds. The van der Waals surface area contributed by atoms with Gasteiger partial charge in [-0.3, -0.25) is 4.99 Å². The van der Waals surface area contributed by atoms with Crippen molar-refractivity contribution in [2.45, 2.75) is 20.8 Å². The zero-order chi connectivity index (χ0) is 14.5. The van der Waals surface area contributed by atoms with E-state index in [0.29, 0.717) is 6.61 Å². The molecule has 2 aromatic carbocycles. The molecular formula is C17H18BrNO. The van der Waals surface area contributed by atoms with Gasteiger partial charge in [0.25, 0.3) is 0 Å². The number of halogens is 1. The van der Waals surface area contributed by atoms with Crippen LogP contribution in [0.1, 0.15) is 23.6 Å². The minimum absolute atomic E-state index is 0.661. The second kappa shape index (κ2) is 6.71. The average molecular weight is 332 g/mol. The molecule has 0 saturated heterocycles. The predicted octanol–water partition coefficient (Wildman–Crippen LogP) is 5.22. The number of benzene rings is 2. The van der Waals surface area contributed by atoms with Gasteiger partial charge in [0.05, 0.1) is 16.8 Å². The third kappa shape index (κ3) is 3.70. The van der Waals surface area contributed by atoms with E-state index in [1.807, 2.05) is 37.4 Å². The number of aliphatic imine (C=N–C) groups is 1. The van der Waals surface area contributed by atoms with E-state index in [-0.39, 0.29) is 0 Å². The van der Waals surface area contributed by atoms with Crippen molar-refractivity contribution in [1.82, 2.24) is 0 Å². The van der Waals surface area contributed by atoms with Gasteiger partial charge in [0, 0.05) is 6.21 Å². The largest absolute Gasteiger partial charge is 0.493 e. The molecule has 2 nitrogen and oxygen atoms in total. The highest BCUT2D eigenvalue weighted by Gasteiger charge is 2.01. The highest BCUT2D eigenvalue weighted by atomic mass is 79.9. The molecule has 0 aliphatic carbocycles. The van der Waals surface area contributed by atoms with Crippen LogP contribution in [0.4, 0.5) is 5.69 Å². The second-order valence-electron chi connectivity index (χ2n) is 4.65. The van der Waals surface area contributed by atoms with Crippen molar-refractivity contribution in [1.29, 1.82) is 0 Å². The van der Waals surface area contributed by atoms with E-state index in [0.717, 1.165) is 21.5 Å². The summed E-state index contributed by atoms with van der Waals surface area (Å²) in [5, 5.41) is 0. The number of hydrogen-bond donors (Lipinski definition) is 0. The predicted molar refractivity (Wildman–Crippen MR) is 88.5 cm³/mol. The van der Waals surface area contributed by atoms with Crippen molar-refractivity contribution < 1.29 is 4.74 Å². The molecule has 2 rings (SSSR count). The lowest BCUT2D eigenvalue weighted by Gasteiger charge is -2.06. The Kier molecular flexibility index (Phi) is 4.96. The Morgan fingerprint density at radius 2 is 1.90 bits per heavy atom. The third-order valence-corrected chi connectivity index (χ3v) is 3.73. The van der Waals surface area contributed by atoms with Gasteiger partial charge >= 0.3 is 0 Å². The van der Waals surface area contributed by atoms with Gasteiger partial charge in [0.1, 0.15) is 5.75 Å². The van der Waals surface area contributed by atoms with Gasteiger partial charge in [0.15, 0.2) is 0 Å². The van der Waals surface area contributed by atoms with Crippen molar-refractivity contribution >= 4 is 27.8 Å². The van der Waals surface area contributed by atoms with E-state index >= 15 is 0 Å². The lowest BCUT2D eigenvalue weighted by Crippen LogP contribution is -1.93. The maximum atomic E-state index is 5.49. The Balaban J connectivity index is 2.18. The Morgan fingerprint density at radius 3 is 2.55 bits per heavy atom. The molecule has 0 spiro atoms.